The maximum absolute atomic E-state index is 5.67. The third-order valence-electron chi connectivity index (χ3n) is 2.78. The number of hydrogen-bond acceptors (Lipinski definition) is 3. The molecule has 1 spiro atoms. The summed E-state index contributed by atoms with van der Waals surface area (Å²) in [6.07, 6.45) is 1.86. The van der Waals surface area contributed by atoms with Crippen LogP contribution in [0, 0.1) is 18.3 Å². The zero-order valence-electron chi connectivity index (χ0n) is 13.2. The molecule has 0 atom stereocenters. The molecule has 0 saturated carbocycles. The van der Waals surface area contributed by atoms with Crippen molar-refractivity contribution in [3.05, 3.63) is 11.8 Å². The van der Waals surface area contributed by atoms with Crippen molar-refractivity contribution in [2.24, 2.45) is 11.3 Å². The SMILES string of the molecule is CC.CC(C)C.Cc1cnn2c1OCC1(COC1)C2. The summed E-state index contributed by atoms with van der Waals surface area (Å²) in [7, 11) is 0. The average molecular weight is 268 g/mol. The van der Waals surface area contributed by atoms with E-state index in [0.717, 1.165) is 43.7 Å². The smallest absolute Gasteiger partial charge is 0.214 e. The van der Waals surface area contributed by atoms with Gasteiger partial charge in [0.1, 0.15) is 6.61 Å². The number of rotatable bonds is 0. The topological polar surface area (TPSA) is 36.3 Å². The zero-order valence-corrected chi connectivity index (χ0v) is 13.2. The van der Waals surface area contributed by atoms with E-state index < -0.39 is 0 Å². The Hall–Kier alpha value is -1.03. The van der Waals surface area contributed by atoms with Gasteiger partial charge in [-0.15, -0.1) is 0 Å². The number of aromatic nitrogens is 2. The monoisotopic (exact) mass is 268 g/mol. The quantitative estimate of drug-likeness (QED) is 0.724. The third kappa shape index (κ3) is 3.96. The van der Waals surface area contributed by atoms with Gasteiger partial charge in [0.25, 0.3) is 0 Å². The first-order chi connectivity index (χ1) is 9.02. The summed E-state index contributed by atoms with van der Waals surface area (Å²) in [4.78, 5) is 0. The fourth-order valence-corrected chi connectivity index (χ4v) is 1.92. The highest BCUT2D eigenvalue weighted by Gasteiger charge is 2.43. The van der Waals surface area contributed by atoms with E-state index in [1.807, 2.05) is 31.6 Å². The van der Waals surface area contributed by atoms with Crippen LogP contribution in [0.2, 0.25) is 0 Å². The van der Waals surface area contributed by atoms with Crippen molar-refractivity contribution in [2.75, 3.05) is 19.8 Å². The van der Waals surface area contributed by atoms with E-state index in [1.165, 1.54) is 0 Å². The van der Waals surface area contributed by atoms with Gasteiger partial charge in [-0.2, -0.15) is 5.10 Å². The molecular weight excluding hydrogens is 240 g/mol. The lowest BCUT2D eigenvalue weighted by Gasteiger charge is -2.43. The van der Waals surface area contributed by atoms with Crippen molar-refractivity contribution in [3.8, 4) is 5.88 Å². The average Bonchev–Trinajstić information content (AvgIpc) is 2.70. The van der Waals surface area contributed by atoms with Gasteiger partial charge in [0, 0.05) is 5.56 Å². The Balaban J connectivity index is 0.000000262. The molecule has 1 fully saturated rings. The van der Waals surface area contributed by atoms with E-state index >= 15 is 0 Å². The fourth-order valence-electron chi connectivity index (χ4n) is 1.92. The second-order valence-corrected chi connectivity index (χ2v) is 5.80. The molecule has 110 valence electrons. The van der Waals surface area contributed by atoms with Crippen molar-refractivity contribution in [2.45, 2.75) is 48.1 Å². The molecule has 1 aromatic heterocycles. The molecule has 2 aliphatic heterocycles. The molecule has 3 heterocycles. The summed E-state index contributed by atoms with van der Waals surface area (Å²) in [5, 5.41) is 4.27. The summed E-state index contributed by atoms with van der Waals surface area (Å²) in [6.45, 7) is 15.9. The molecule has 0 N–H and O–H groups in total. The molecule has 4 nitrogen and oxygen atoms in total. The Morgan fingerprint density at radius 1 is 1.21 bits per heavy atom. The highest BCUT2D eigenvalue weighted by atomic mass is 16.5. The van der Waals surface area contributed by atoms with E-state index in [4.69, 9.17) is 9.47 Å². The molecule has 0 aromatic carbocycles. The molecule has 0 aliphatic carbocycles. The van der Waals surface area contributed by atoms with Crippen molar-refractivity contribution in [3.63, 3.8) is 0 Å². The lowest BCUT2D eigenvalue weighted by Crippen LogP contribution is -2.52. The maximum atomic E-state index is 5.67. The van der Waals surface area contributed by atoms with Crippen molar-refractivity contribution < 1.29 is 9.47 Å². The summed E-state index contributed by atoms with van der Waals surface area (Å²) >= 11 is 0. The molecular formula is C15H28N2O2. The van der Waals surface area contributed by atoms with Gasteiger partial charge in [-0.25, -0.2) is 4.68 Å². The van der Waals surface area contributed by atoms with Crippen molar-refractivity contribution in [1.29, 1.82) is 0 Å². The van der Waals surface area contributed by atoms with E-state index in [-0.39, 0.29) is 5.41 Å². The molecule has 0 bridgehead atoms. The molecule has 19 heavy (non-hydrogen) atoms. The lowest BCUT2D eigenvalue weighted by molar-refractivity contribution is -0.154. The number of ether oxygens (including phenoxy) is 2. The van der Waals surface area contributed by atoms with Gasteiger partial charge in [-0.3, -0.25) is 0 Å². The Kier molecular flexibility index (Phi) is 5.85. The van der Waals surface area contributed by atoms with E-state index in [0.29, 0.717) is 0 Å². The van der Waals surface area contributed by atoms with Crippen LogP contribution in [-0.4, -0.2) is 29.6 Å². The fraction of sp³-hybridized carbons (Fsp3) is 0.800. The minimum absolute atomic E-state index is 0.214. The van der Waals surface area contributed by atoms with Crippen LogP contribution < -0.4 is 4.74 Å². The molecule has 0 unspecified atom stereocenters. The zero-order chi connectivity index (χ0) is 14.5. The number of aryl methyl sites for hydroxylation is 1. The summed E-state index contributed by atoms with van der Waals surface area (Å²) in [5.41, 5.74) is 1.33. The minimum Gasteiger partial charge on any atom is -0.477 e. The first-order valence-corrected chi connectivity index (χ1v) is 7.25. The summed E-state index contributed by atoms with van der Waals surface area (Å²) < 4.78 is 12.8. The maximum Gasteiger partial charge on any atom is 0.214 e. The van der Waals surface area contributed by atoms with Crippen LogP contribution >= 0.6 is 0 Å². The first kappa shape index (κ1) is 16.0. The molecule has 4 heteroatoms. The highest BCUT2D eigenvalue weighted by molar-refractivity contribution is 5.24. The normalized spacial score (nSPS) is 18.3. The largest absolute Gasteiger partial charge is 0.477 e. The number of fused-ring (bicyclic) bond motifs is 1. The Bertz CT molecular complexity index is 379. The van der Waals surface area contributed by atoms with Crippen LogP contribution in [0.25, 0.3) is 0 Å². The van der Waals surface area contributed by atoms with Crippen LogP contribution in [0.1, 0.15) is 40.2 Å². The summed E-state index contributed by atoms with van der Waals surface area (Å²) in [6, 6.07) is 0. The first-order valence-electron chi connectivity index (χ1n) is 7.25. The van der Waals surface area contributed by atoms with Gasteiger partial charge < -0.3 is 9.47 Å². The second kappa shape index (κ2) is 6.94. The van der Waals surface area contributed by atoms with Crippen LogP contribution in [0.5, 0.6) is 5.88 Å². The molecule has 1 saturated heterocycles. The number of hydrogen-bond donors (Lipinski definition) is 0. The molecule has 2 aliphatic rings. The van der Waals surface area contributed by atoms with Crippen LogP contribution in [-0.2, 0) is 11.3 Å². The van der Waals surface area contributed by atoms with Gasteiger partial charge in [0.05, 0.1) is 31.4 Å². The van der Waals surface area contributed by atoms with Gasteiger partial charge in [0.2, 0.25) is 5.88 Å². The van der Waals surface area contributed by atoms with Gasteiger partial charge in [-0.05, 0) is 12.8 Å². The highest BCUT2D eigenvalue weighted by Crippen LogP contribution is 2.36. The third-order valence-corrected chi connectivity index (χ3v) is 2.78. The van der Waals surface area contributed by atoms with Crippen LogP contribution in [0.15, 0.2) is 6.20 Å². The molecule has 1 aromatic rings. The van der Waals surface area contributed by atoms with E-state index in [1.54, 1.807) is 0 Å². The van der Waals surface area contributed by atoms with E-state index in [9.17, 15) is 0 Å². The Morgan fingerprint density at radius 3 is 2.26 bits per heavy atom. The lowest BCUT2D eigenvalue weighted by atomic mass is 9.86. The van der Waals surface area contributed by atoms with E-state index in [2.05, 4.69) is 25.9 Å². The number of nitrogens with zero attached hydrogens (tertiary/aromatic N) is 2. The van der Waals surface area contributed by atoms with Crippen molar-refractivity contribution >= 4 is 0 Å². The Morgan fingerprint density at radius 2 is 1.79 bits per heavy atom. The Labute approximate surface area is 117 Å². The molecule has 3 rings (SSSR count). The predicted octanol–water partition coefficient (Wildman–Crippen LogP) is 3.29. The van der Waals surface area contributed by atoms with Crippen molar-refractivity contribution in [1.82, 2.24) is 9.78 Å². The molecule has 0 amide bonds. The van der Waals surface area contributed by atoms with Gasteiger partial charge in [0.15, 0.2) is 0 Å². The predicted molar refractivity (Wildman–Crippen MR) is 77.6 cm³/mol. The summed E-state index contributed by atoms with van der Waals surface area (Å²) in [5.74, 6) is 1.76. The molecule has 0 radical (unpaired) electrons. The minimum atomic E-state index is 0.214. The van der Waals surface area contributed by atoms with Gasteiger partial charge in [-0.1, -0.05) is 34.6 Å². The van der Waals surface area contributed by atoms with Crippen LogP contribution in [0.3, 0.4) is 0 Å². The van der Waals surface area contributed by atoms with Crippen LogP contribution in [0.4, 0.5) is 0 Å². The standard InChI is InChI=1S/C9H12N2O2.C4H10.C2H6/c1-7-2-10-11-3-9(4-12-5-9)6-13-8(7)11;1-4(2)3;1-2/h2H,3-6H2,1H3;4H,1-3H3;1-2H3. The van der Waals surface area contributed by atoms with Gasteiger partial charge >= 0.3 is 0 Å². The second-order valence-electron chi connectivity index (χ2n) is 5.80.